The molecule has 0 radical (unpaired) electrons. The lowest BCUT2D eigenvalue weighted by Crippen LogP contribution is -2.64. The molecular weight excluding hydrogens is 516 g/mol. The van der Waals surface area contributed by atoms with E-state index in [9.17, 15) is 34.5 Å². The third-order valence-electron chi connectivity index (χ3n) is 5.42. The molecule has 0 aromatic rings. The van der Waals surface area contributed by atoms with Crippen LogP contribution in [0.5, 0.6) is 0 Å². The van der Waals surface area contributed by atoms with Gasteiger partial charge in [0.1, 0.15) is 37.1 Å². The van der Waals surface area contributed by atoms with Gasteiger partial charge >= 0.3 is 23.9 Å². The van der Waals surface area contributed by atoms with Gasteiger partial charge in [0.05, 0.1) is 13.2 Å². The molecule has 2 rings (SSSR count). The van der Waals surface area contributed by atoms with Crippen molar-refractivity contribution in [3.05, 3.63) is 12.7 Å². The van der Waals surface area contributed by atoms with Crippen molar-refractivity contribution in [2.24, 2.45) is 0 Å². The van der Waals surface area contributed by atoms with Crippen molar-refractivity contribution >= 4 is 23.9 Å². The number of rotatable bonds is 11. The van der Waals surface area contributed by atoms with Crippen molar-refractivity contribution in [1.82, 2.24) is 0 Å². The third kappa shape index (κ3) is 8.69. The molecule has 2 fully saturated rings. The molecule has 0 unspecified atom stereocenters. The Balaban J connectivity index is 2.32. The Hall–Kier alpha value is -2.66. The van der Waals surface area contributed by atoms with Gasteiger partial charge in [-0.15, -0.1) is 6.58 Å². The lowest BCUT2D eigenvalue weighted by Gasteiger charge is -2.45. The van der Waals surface area contributed by atoms with Crippen LogP contribution in [0.3, 0.4) is 0 Å². The van der Waals surface area contributed by atoms with Crippen LogP contribution in [0.2, 0.25) is 0 Å². The summed E-state index contributed by atoms with van der Waals surface area (Å²) in [5.41, 5.74) is 0. The zero-order valence-corrected chi connectivity index (χ0v) is 21.4. The summed E-state index contributed by atoms with van der Waals surface area (Å²) in [4.78, 5) is 47.0. The van der Waals surface area contributed by atoms with Gasteiger partial charge in [-0.25, -0.2) is 0 Å². The molecule has 2 aliphatic heterocycles. The number of esters is 4. The molecule has 0 amide bonds. The first-order valence-electron chi connectivity index (χ1n) is 11.7. The van der Waals surface area contributed by atoms with Crippen molar-refractivity contribution < 1.29 is 72.4 Å². The van der Waals surface area contributed by atoms with Crippen LogP contribution in [0.25, 0.3) is 0 Å². The van der Waals surface area contributed by atoms with Crippen molar-refractivity contribution in [2.75, 3.05) is 19.8 Å². The summed E-state index contributed by atoms with van der Waals surface area (Å²) in [6.07, 6.45) is -13.2. The molecule has 216 valence electrons. The number of aliphatic hydroxyl groups is 3. The Kier molecular flexibility index (Phi) is 12.0. The molecule has 10 atom stereocenters. The van der Waals surface area contributed by atoms with Crippen LogP contribution in [0.15, 0.2) is 12.7 Å². The molecule has 2 heterocycles. The zero-order valence-electron chi connectivity index (χ0n) is 21.4. The summed E-state index contributed by atoms with van der Waals surface area (Å²) in [5, 5.41) is 30.7. The third-order valence-corrected chi connectivity index (χ3v) is 5.42. The minimum atomic E-state index is -1.66. The summed E-state index contributed by atoms with van der Waals surface area (Å²) in [6, 6.07) is 0. The standard InChI is InChI=1S/C23H34O15/c1-6-7-31-22-18(30)17(29)16(28)14(37-22)8-33-23-21(36-13(5)27)20(35-12(4)26)19(34-11(3)25)15(38-23)9-32-10(2)24/h6,14-23,28-30H,1,7-9H2,2-5H3/t14-,15-,16+,17+,18-,19+,20+,21-,22-,23-/m1/s1. The van der Waals surface area contributed by atoms with Crippen molar-refractivity contribution in [1.29, 1.82) is 0 Å². The van der Waals surface area contributed by atoms with Gasteiger partial charge < -0.3 is 53.2 Å². The van der Waals surface area contributed by atoms with Crippen LogP contribution >= 0.6 is 0 Å². The van der Waals surface area contributed by atoms with Gasteiger partial charge in [0.2, 0.25) is 0 Å². The van der Waals surface area contributed by atoms with Crippen LogP contribution in [-0.4, -0.2) is 120 Å². The fourth-order valence-corrected chi connectivity index (χ4v) is 3.87. The molecule has 0 bridgehead atoms. The first-order valence-corrected chi connectivity index (χ1v) is 11.7. The van der Waals surface area contributed by atoms with E-state index in [1.165, 1.54) is 6.08 Å². The largest absolute Gasteiger partial charge is 0.463 e. The normalized spacial score (nSPS) is 35.0. The van der Waals surface area contributed by atoms with Crippen LogP contribution in [0.4, 0.5) is 0 Å². The van der Waals surface area contributed by atoms with Crippen LogP contribution in [0, 0.1) is 0 Å². The quantitative estimate of drug-likeness (QED) is 0.146. The summed E-state index contributed by atoms with van der Waals surface area (Å²) < 4.78 is 43.2. The van der Waals surface area contributed by atoms with Gasteiger partial charge in [0.25, 0.3) is 0 Å². The highest BCUT2D eigenvalue weighted by Gasteiger charge is 2.53. The molecule has 15 nitrogen and oxygen atoms in total. The van der Waals surface area contributed by atoms with Gasteiger partial charge in [-0.1, -0.05) is 6.08 Å². The maximum Gasteiger partial charge on any atom is 0.303 e. The monoisotopic (exact) mass is 550 g/mol. The molecule has 0 spiro atoms. The maximum absolute atomic E-state index is 11.9. The molecular formula is C23H34O15. The van der Waals surface area contributed by atoms with E-state index in [-0.39, 0.29) is 6.61 Å². The van der Waals surface area contributed by atoms with E-state index in [0.29, 0.717) is 0 Å². The zero-order chi connectivity index (χ0) is 28.6. The first kappa shape index (κ1) is 31.6. The molecule has 3 N–H and O–H groups in total. The van der Waals surface area contributed by atoms with Crippen molar-refractivity contribution in [2.45, 2.75) is 89.1 Å². The fraction of sp³-hybridized carbons (Fsp3) is 0.739. The highest BCUT2D eigenvalue weighted by atomic mass is 16.7. The Labute approximate surface area is 218 Å². The van der Waals surface area contributed by atoms with Crippen molar-refractivity contribution in [3.8, 4) is 0 Å². The molecule has 2 aliphatic rings. The fourth-order valence-electron chi connectivity index (χ4n) is 3.87. The summed E-state index contributed by atoms with van der Waals surface area (Å²) in [6.45, 7) is 6.85. The minimum Gasteiger partial charge on any atom is -0.463 e. The predicted octanol–water partition coefficient (Wildman–Crippen LogP) is -1.90. The Morgan fingerprint density at radius 1 is 0.684 bits per heavy atom. The minimum absolute atomic E-state index is 0.0299. The van der Waals surface area contributed by atoms with Gasteiger partial charge in [0.15, 0.2) is 30.9 Å². The van der Waals surface area contributed by atoms with Gasteiger partial charge in [-0.2, -0.15) is 0 Å². The van der Waals surface area contributed by atoms with E-state index in [1.54, 1.807) is 0 Å². The molecule has 2 saturated heterocycles. The lowest BCUT2D eigenvalue weighted by molar-refractivity contribution is -0.332. The molecule has 0 aromatic carbocycles. The van der Waals surface area contributed by atoms with Crippen LogP contribution < -0.4 is 0 Å². The van der Waals surface area contributed by atoms with Gasteiger partial charge in [-0.3, -0.25) is 19.2 Å². The molecule has 0 aliphatic carbocycles. The smallest absolute Gasteiger partial charge is 0.303 e. The number of aliphatic hydroxyl groups excluding tert-OH is 3. The summed E-state index contributed by atoms with van der Waals surface area (Å²) >= 11 is 0. The SMILES string of the molecule is C=CCO[C@@H]1O[C@H](CO[C@@H]2O[C@H](COC(C)=O)[C@H](OC(C)=O)[C@H](OC(C)=O)[C@H]2OC(C)=O)[C@H](O)[C@H](O)[C@H]1O. The van der Waals surface area contributed by atoms with Gasteiger partial charge in [-0.05, 0) is 0 Å². The highest BCUT2D eigenvalue weighted by Crippen LogP contribution is 2.31. The number of carbonyl (C=O) groups is 4. The van der Waals surface area contributed by atoms with Crippen LogP contribution in [-0.2, 0) is 57.1 Å². The van der Waals surface area contributed by atoms with E-state index < -0.39 is 98.5 Å². The average Bonchev–Trinajstić information content (AvgIpc) is 2.82. The molecule has 0 saturated carbocycles. The van der Waals surface area contributed by atoms with Gasteiger partial charge in [0, 0.05) is 27.7 Å². The van der Waals surface area contributed by atoms with E-state index in [4.69, 9.17) is 37.9 Å². The topological polar surface area (TPSA) is 203 Å². The second kappa shape index (κ2) is 14.5. The maximum atomic E-state index is 11.9. The number of ether oxygens (including phenoxy) is 8. The number of carbonyl (C=O) groups excluding carboxylic acids is 4. The second-order valence-corrected chi connectivity index (χ2v) is 8.54. The molecule has 15 heteroatoms. The van der Waals surface area contributed by atoms with E-state index in [0.717, 1.165) is 27.7 Å². The Morgan fingerprint density at radius 3 is 1.79 bits per heavy atom. The lowest BCUT2D eigenvalue weighted by atomic mass is 9.97. The Morgan fingerprint density at radius 2 is 1.24 bits per heavy atom. The second-order valence-electron chi connectivity index (χ2n) is 8.54. The van der Waals surface area contributed by atoms with Crippen molar-refractivity contribution in [3.63, 3.8) is 0 Å². The van der Waals surface area contributed by atoms with E-state index >= 15 is 0 Å². The number of hydrogen-bond acceptors (Lipinski definition) is 15. The Bertz CT molecular complexity index is 847. The first-order chi connectivity index (χ1) is 17.8. The predicted molar refractivity (Wildman–Crippen MR) is 121 cm³/mol. The van der Waals surface area contributed by atoms with E-state index in [1.807, 2.05) is 0 Å². The molecule has 38 heavy (non-hydrogen) atoms. The molecule has 0 aromatic heterocycles. The summed E-state index contributed by atoms with van der Waals surface area (Å²) in [7, 11) is 0. The van der Waals surface area contributed by atoms with Crippen LogP contribution in [0.1, 0.15) is 27.7 Å². The highest BCUT2D eigenvalue weighted by molar-refractivity contribution is 5.68. The average molecular weight is 551 g/mol. The van der Waals surface area contributed by atoms with E-state index in [2.05, 4.69) is 6.58 Å². The summed E-state index contributed by atoms with van der Waals surface area (Å²) in [5.74, 6) is -3.12. The number of hydrogen-bond donors (Lipinski definition) is 3.